The van der Waals surface area contributed by atoms with Crippen LogP contribution in [0.4, 0.5) is 0 Å². The van der Waals surface area contributed by atoms with Crippen LogP contribution in [0.15, 0.2) is 0 Å². The molecule has 7 heavy (non-hydrogen) atoms. The molecular formula is C3H7NPbS2. The number of thiocarbonyl (C=S) groups is 1. The molecule has 1 nitrogen and oxygen atoms in total. The van der Waals surface area contributed by atoms with Crippen LogP contribution in [0.5, 0.6) is 0 Å². The average Bonchev–Trinajstić information content (AvgIpc) is 1.36. The van der Waals surface area contributed by atoms with Crippen molar-refractivity contribution in [2.24, 2.45) is 0 Å². The standard InChI is InChI=1S/C3H7NS2.Pb/c1-4(2)3(5)6;/h1-2H3,(H,5,6);. The molecule has 0 unspecified atom stereocenters. The molecule has 0 aromatic carbocycles. The number of hydrogen-bond donors (Lipinski definition) is 1. The van der Waals surface area contributed by atoms with Gasteiger partial charge in [0, 0.05) is 41.4 Å². The molecule has 0 aromatic heterocycles. The molecule has 0 aliphatic heterocycles. The second-order valence-electron chi connectivity index (χ2n) is 1.18. The molecule has 0 spiro atoms. The van der Waals surface area contributed by atoms with Gasteiger partial charge < -0.3 is 4.90 Å². The van der Waals surface area contributed by atoms with Crippen molar-refractivity contribution in [3.63, 3.8) is 0 Å². The summed E-state index contributed by atoms with van der Waals surface area (Å²) in [5.41, 5.74) is 0. The van der Waals surface area contributed by atoms with Gasteiger partial charge in [-0.25, -0.2) is 0 Å². The van der Waals surface area contributed by atoms with E-state index < -0.39 is 0 Å². The third-order valence-electron chi connectivity index (χ3n) is 0.383. The van der Waals surface area contributed by atoms with Gasteiger partial charge in [-0.05, 0) is 0 Å². The molecule has 0 saturated heterocycles. The van der Waals surface area contributed by atoms with Crippen LogP contribution >= 0.6 is 24.8 Å². The van der Waals surface area contributed by atoms with E-state index in [-0.39, 0.29) is 27.3 Å². The van der Waals surface area contributed by atoms with E-state index >= 15 is 0 Å². The fourth-order valence-corrected chi connectivity index (χ4v) is 0. The molecule has 0 amide bonds. The summed E-state index contributed by atoms with van der Waals surface area (Å²) in [6, 6.07) is 0. The molecule has 0 atom stereocenters. The second-order valence-corrected chi connectivity index (χ2v) is 2.29. The summed E-state index contributed by atoms with van der Waals surface area (Å²) in [4.78, 5) is 1.76. The first-order valence-corrected chi connectivity index (χ1v) is 2.40. The van der Waals surface area contributed by atoms with Gasteiger partial charge in [0.25, 0.3) is 0 Å². The fraction of sp³-hybridized carbons (Fsp3) is 0.667. The molecule has 0 saturated carbocycles. The summed E-state index contributed by atoms with van der Waals surface area (Å²) in [5, 5.41) is 0. The van der Waals surface area contributed by atoms with E-state index in [1.807, 2.05) is 14.1 Å². The molecule has 0 bridgehead atoms. The maximum Gasteiger partial charge on any atom is 0.132 e. The predicted octanol–water partition coefficient (Wildman–Crippen LogP) is 0.382. The van der Waals surface area contributed by atoms with Crippen LogP contribution in [0.1, 0.15) is 0 Å². The maximum atomic E-state index is 4.61. The summed E-state index contributed by atoms with van der Waals surface area (Å²) in [7, 11) is 3.71. The van der Waals surface area contributed by atoms with Crippen LogP contribution in [0.3, 0.4) is 0 Å². The first-order chi connectivity index (χ1) is 2.64. The van der Waals surface area contributed by atoms with Crippen molar-refractivity contribution >= 4 is 56.5 Å². The van der Waals surface area contributed by atoms with Gasteiger partial charge in [-0.1, -0.05) is 12.2 Å². The van der Waals surface area contributed by atoms with Crippen molar-refractivity contribution in [3.8, 4) is 0 Å². The second kappa shape index (κ2) is 5.30. The summed E-state index contributed by atoms with van der Waals surface area (Å²) < 4.78 is 0.620. The Labute approximate surface area is 75.0 Å². The van der Waals surface area contributed by atoms with Crippen molar-refractivity contribution < 1.29 is 0 Å². The van der Waals surface area contributed by atoms with E-state index in [0.29, 0.717) is 4.32 Å². The molecule has 0 N–H and O–H groups in total. The zero-order chi connectivity index (χ0) is 5.15. The minimum atomic E-state index is 0. The maximum absolute atomic E-state index is 4.61. The van der Waals surface area contributed by atoms with Gasteiger partial charge in [0.05, 0.1) is 0 Å². The molecule has 4 radical (unpaired) electrons. The largest absolute Gasteiger partial charge is 0.364 e. The predicted molar refractivity (Wildman–Crippen MR) is 41.0 cm³/mol. The molecule has 0 fully saturated rings. The molecule has 0 rings (SSSR count). The van der Waals surface area contributed by atoms with Gasteiger partial charge in [0.15, 0.2) is 0 Å². The molecule has 0 aliphatic rings. The normalized spacial score (nSPS) is 6.71. The zero-order valence-electron chi connectivity index (χ0n) is 4.30. The Balaban J connectivity index is 0. The van der Waals surface area contributed by atoms with Crippen LogP contribution < -0.4 is 0 Å². The van der Waals surface area contributed by atoms with Crippen molar-refractivity contribution in [2.45, 2.75) is 0 Å². The van der Waals surface area contributed by atoms with Gasteiger partial charge in [0.1, 0.15) is 4.32 Å². The fourth-order valence-electron chi connectivity index (χ4n) is 0. The topological polar surface area (TPSA) is 3.24 Å². The molecule has 40 valence electrons. The first-order valence-electron chi connectivity index (χ1n) is 1.55. The Morgan fingerprint density at radius 3 is 1.71 bits per heavy atom. The molecule has 0 aromatic rings. The van der Waals surface area contributed by atoms with Crippen LogP contribution in [0, 0.1) is 0 Å². The van der Waals surface area contributed by atoms with E-state index in [9.17, 15) is 0 Å². The van der Waals surface area contributed by atoms with Crippen LogP contribution in [0.2, 0.25) is 0 Å². The smallest absolute Gasteiger partial charge is 0.132 e. The Morgan fingerprint density at radius 2 is 1.71 bits per heavy atom. The van der Waals surface area contributed by atoms with E-state index in [2.05, 4.69) is 24.8 Å². The quantitative estimate of drug-likeness (QED) is 0.389. The molecule has 0 aliphatic carbocycles. The van der Waals surface area contributed by atoms with Crippen molar-refractivity contribution in [1.29, 1.82) is 0 Å². The number of nitrogens with zero attached hydrogens (tertiary/aromatic N) is 1. The molecule has 0 heterocycles. The van der Waals surface area contributed by atoms with Crippen molar-refractivity contribution in [3.05, 3.63) is 0 Å². The molecule has 4 heteroatoms. The summed E-state index contributed by atoms with van der Waals surface area (Å²) in [5.74, 6) is 0. The average molecular weight is 328 g/mol. The van der Waals surface area contributed by atoms with Crippen LogP contribution in [-0.4, -0.2) is 50.6 Å². The van der Waals surface area contributed by atoms with Gasteiger partial charge in [0.2, 0.25) is 0 Å². The number of rotatable bonds is 0. The van der Waals surface area contributed by atoms with E-state index in [4.69, 9.17) is 0 Å². The SMILES string of the molecule is CN(C)C(=S)S.[Pb]. The van der Waals surface area contributed by atoms with E-state index in [1.54, 1.807) is 4.90 Å². The summed E-state index contributed by atoms with van der Waals surface area (Å²) in [6.45, 7) is 0. The number of hydrogen-bond acceptors (Lipinski definition) is 1. The Kier molecular flexibility index (Phi) is 8.35. The Bertz CT molecular complexity index is 64.0. The monoisotopic (exact) mass is 329 g/mol. The third-order valence-corrected chi connectivity index (χ3v) is 1.15. The van der Waals surface area contributed by atoms with Crippen LogP contribution in [0.25, 0.3) is 0 Å². The van der Waals surface area contributed by atoms with Gasteiger partial charge in [-0.15, -0.1) is 12.6 Å². The van der Waals surface area contributed by atoms with Crippen LogP contribution in [-0.2, 0) is 0 Å². The van der Waals surface area contributed by atoms with Crippen molar-refractivity contribution in [2.75, 3.05) is 14.1 Å². The van der Waals surface area contributed by atoms with Crippen molar-refractivity contribution in [1.82, 2.24) is 4.90 Å². The van der Waals surface area contributed by atoms with E-state index in [1.165, 1.54) is 0 Å². The van der Waals surface area contributed by atoms with Gasteiger partial charge >= 0.3 is 0 Å². The van der Waals surface area contributed by atoms with E-state index in [0.717, 1.165) is 0 Å². The Hall–Kier alpha value is 1.16. The van der Waals surface area contributed by atoms with Gasteiger partial charge in [-0.2, -0.15) is 0 Å². The minimum Gasteiger partial charge on any atom is -0.364 e. The first kappa shape index (κ1) is 11.0. The molecular weight excluding hydrogens is 321 g/mol. The zero-order valence-corrected chi connectivity index (χ0v) is 9.90. The summed E-state index contributed by atoms with van der Waals surface area (Å²) in [6.07, 6.45) is 0. The number of thiol groups is 1. The van der Waals surface area contributed by atoms with Gasteiger partial charge in [-0.3, -0.25) is 0 Å². The third kappa shape index (κ3) is 7.16. The summed E-state index contributed by atoms with van der Waals surface area (Å²) >= 11 is 8.46. The minimum absolute atomic E-state index is 0. The Morgan fingerprint density at radius 1 is 1.57 bits per heavy atom.